The van der Waals surface area contributed by atoms with Gasteiger partial charge in [-0.2, -0.15) is 0 Å². The van der Waals surface area contributed by atoms with Gasteiger partial charge >= 0.3 is 11.9 Å². The van der Waals surface area contributed by atoms with Gasteiger partial charge in [0.1, 0.15) is 86.5 Å². The van der Waals surface area contributed by atoms with Gasteiger partial charge in [0.05, 0.1) is 61.5 Å². The van der Waals surface area contributed by atoms with E-state index < -0.39 is 185 Å². The van der Waals surface area contributed by atoms with E-state index >= 15 is 0 Å². The van der Waals surface area contributed by atoms with E-state index in [9.17, 15) is 76.0 Å². The van der Waals surface area contributed by atoms with E-state index in [1.807, 2.05) is 0 Å². The maximum atomic E-state index is 13.1. The van der Waals surface area contributed by atoms with Crippen molar-refractivity contribution in [1.29, 1.82) is 0 Å². The molecule has 4 saturated heterocycles. The largest absolute Gasteiger partial charge is 0.460 e. The van der Waals surface area contributed by atoms with Gasteiger partial charge in [0.2, 0.25) is 0 Å². The molecule has 13 N–H and O–H groups in total. The molecule has 0 bridgehead atoms. The van der Waals surface area contributed by atoms with E-state index in [1.165, 1.54) is 19.3 Å². The summed E-state index contributed by atoms with van der Waals surface area (Å²) in [6.45, 7) is -1.96. The van der Waals surface area contributed by atoms with Crippen LogP contribution in [0.15, 0.2) is 24.3 Å². The first-order chi connectivity index (χ1) is 36.8. The molecule has 4 saturated carbocycles. The Morgan fingerprint density at radius 3 is 1.61 bits per heavy atom. The van der Waals surface area contributed by atoms with Gasteiger partial charge in [-0.15, -0.1) is 0 Å². The molecule has 0 spiro atoms. The molecular formula is C52H82O25. The Morgan fingerprint density at radius 2 is 1.00 bits per heavy atom. The molecule has 9 unspecified atom stereocenters. The quantitative estimate of drug-likeness (QED) is 0.0499. The molecule has 440 valence electrons. The third kappa shape index (κ3) is 15.0. The molecule has 8 fully saturated rings. The zero-order valence-electron chi connectivity index (χ0n) is 43.2. The van der Waals surface area contributed by atoms with Crippen LogP contribution in [-0.2, 0) is 57.0 Å². The van der Waals surface area contributed by atoms with E-state index in [0.29, 0.717) is 70.6 Å². The van der Waals surface area contributed by atoms with Gasteiger partial charge in [-0.05, 0) is 101 Å². The van der Waals surface area contributed by atoms with Crippen LogP contribution < -0.4 is 0 Å². The van der Waals surface area contributed by atoms with Crippen LogP contribution in [0.2, 0.25) is 0 Å². The van der Waals surface area contributed by atoms with Crippen LogP contribution in [0.4, 0.5) is 0 Å². The molecule has 24 atom stereocenters. The van der Waals surface area contributed by atoms with Gasteiger partial charge in [-0.1, -0.05) is 12.2 Å². The Hall–Kier alpha value is -2.42. The number of carbonyl (C=O) groups excluding carboxylic acids is 2. The number of hydrogen-bond donors (Lipinski definition) is 13. The summed E-state index contributed by atoms with van der Waals surface area (Å²) in [5.41, 5.74) is 0. The number of ether oxygens (including phenoxy) is 10. The lowest BCUT2D eigenvalue weighted by atomic mass is 9.73. The Kier molecular flexibility index (Phi) is 21.7. The van der Waals surface area contributed by atoms with Crippen molar-refractivity contribution in [3.8, 4) is 0 Å². The highest BCUT2D eigenvalue weighted by atomic mass is 16.8. The number of fused-ring (bicyclic) bond motifs is 1. The summed E-state index contributed by atoms with van der Waals surface area (Å²) in [5, 5.41) is 141. The average molecular weight is 1110 g/mol. The monoisotopic (exact) mass is 1110 g/mol. The minimum Gasteiger partial charge on any atom is -0.460 e. The number of rotatable bonds is 17. The Morgan fingerprint density at radius 1 is 0.481 bits per heavy atom. The van der Waals surface area contributed by atoms with Crippen LogP contribution in [0.25, 0.3) is 0 Å². The molecule has 4 heterocycles. The van der Waals surface area contributed by atoms with Crippen LogP contribution in [0.1, 0.15) is 89.9 Å². The van der Waals surface area contributed by atoms with Gasteiger partial charge in [-0.3, -0.25) is 0 Å². The topological polar surface area (TPSA) is 389 Å². The average Bonchev–Trinajstić information content (AvgIpc) is 3.45. The molecule has 8 rings (SSSR count). The van der Waals surface area contributed by atoms with Crippen LogP contribution in [0, 0.1) is 23.7 Å². The second-order valence-corrected chi connectivity index (χ2v) is 22.4. The Labute approximate surface area is 446 Å². The van der Waals surface area contributed by atoms with Crippen molar-refractivity contribution in [3.63, 3.8) is 0 Å². The van der Waals surface area contributed by atoms with Gasteiger partial charge in [-0.25, -0.2) is 9.59 Å². The SMILES string of the molecule is COC1CC(C=CC(=O)OC[C@@H]2O[C@H](O[C@@H]3[C@@H](OC4CC5C(CC(O)CC5O[C@H]5O[C@H](CO)[C@H](O)[C@@H](O)[C@H]5O)OC4C4CCC(O)CC4)O[C@@H](COC(=O)C=CC4CCC(O)CC4)[C@H](O)[C@H]3O)[C@@H](O)[C@H](O)[C@H]2O)CCC1O. The van der Waals surface area contributed by atoms with Crippen molar-refractivity contribution in [3.05, 3.63) is 24.3 Å². The molecule has 0 amide bonds. The molecule has 0 aromatic heterocycles. The lowest BCUT2D eigenvalue weighted by Crippen LogP contribution is -2.66. The van der Waals surface area contributed by atoms with Crippen molar-refractivity contribution in [1.82, 2.24) is 0 Å². The first-order valence-electron chi connectivity index (χ1n) is 27.4. The summed E-state index contributed by atoms with van der Waals surface area (Å²) < 4.78 is 60.3. The molecule has 25 heteroatoms. The van der Waals surface area contributed by atoms with Crippen LogP contribution in [-0.4, -0.2) is 252 Å². The Balaban J connectivity index is 1.03. The maximum absolute atomic E-state index is 13.1. The second kappa shape index (κ2) is 27.6. The third-order valence-electron chi connectivity index (χ3n) is 17.1. The summed E-state index contributed by atoms with van der Waals surface area (Å²) >= 11 is 0. The molecule has 77 heavy (non-hydrogen) atoms. The predicted octanol–water partition coefficient (Wildman–Crippen LogP) is -3.40. The number of allylic oxidation sites excluding steroid dienone is 2. The van der Waals surface area contributed by atoms with Crippen LogP contribution in [0.3, 0.4) is 0 Å². The molecule has 8 aliphatic rings. The molecule has 4 aliphatic heterocycles. The van der Waals surface area contributed by atoms with Gasteiger partial charge in [0.15, 0.2) is 18.9 Å². The summed E-state index contributed by atoms with van der Waals surface area (Å²) in [6, 6.07) is 0. The fraction of sp³-hybridized carbons (Fsp3) is 0.885. The summed E-state index contributed by atoms with van der Waals surface area (Å²) in [7, 11) is 1.49. The van der Waals surface area contributed by atoms with Crippen LogP contribution in [0.5, 0.6) is 0 Å². The van der Waals surface area contributed by atoms with Crippen molar-refractivity contribution in [2.24, 2.45) is 23.7 Å². The van der Waals surface area contributed by atoms with Gasteiger partial charge < -0.3 is 114 Å². The van der Waals surface area contributed by atoms with Crippen molar-refractivity contribution in [2.45, 2.75) is 237 Å². The zero-order chi connectivity index (χ0) is 55.2. The first-order valence-corrected chi connectivity index (χ1v) is 27.4. The highest BCUT2D eigenvalue weighted by Gasteiger charge is 2.56. The molecule has 4 aliphatic carbocycles. The molecule has 25 nitrogen and oxygen atoms in total. The fourth-order valence-corrected chi connectivity index (χ4v) is 12.4. The molecule has 0 radical (unpaired) electrons. The van der Waals surface area contributed by atoms with E-state index in [4.69, 9.17) is 47.4 Å². The molecule has 0 aromatic carbocycles. The molecule has 0 aromatic rings. The normalized spacial score (nSPS) is 48.1. The summed E-state index contributed by atoms with van der Waals surface area (Å²) in [6.07, 6.45) is -20.7. The zero-order valence-corrected chi connectivity index (χ0v) is 43.2. The fourth-order valence-electron chi connectivity index (χ4n) is 12.4. The summed E-state index contributed by atoms with van der Waals surface area (Å²) in [5.74, 6) is -2.57. The van der Waals surface area contributed by atoms with E-state index in [1.54, 1.807) is 12.2 Å². The number of aliphatic hydroxyl groups excluding tert-OH is 13. The summed E-state index contributed by atoms with van der Waals surface area (Å²) in [4.78, 5) is 26.0. The Bertz CT molecular complexity index is 1910. The predicted molar refractivity (Wildman–Crippen MR) is 258 cm³/mol. The van der Waals surface area contributed by atoms with Crippen molar-refractivity contribution >= 4 is 11.9 Å². The standard InChI is InChI=1S/C52H82O25/c1-68-33-16-24(4-13-30(33)57)6-15-39(59)69-21-36-41(61)44(64)47(67)51(75-36)77-49-45(65)42(62)37(22-70-38(58)14-5-23-2-9-26(54)10-3-23)76-52(49)73-34-19-29-31(71-48(34)25-7-11-27(55)12-8-25)17-28(56)18-32(29)72-50-46(66)43(63)40(60)35(20-53)74-50/h5-6,14-15,23-37,40-57,60-67H,2-4,7-13,16-22H2,1H3/t23?,24?,25?,26?,27?,28?,29?,30?,31?,32?,33?,34?,35-,36+,37+,40+,41+,42+,43-,44-,45-,46-,47+,48?,49+,50+,51-,52+/m1/s1. The van der Waals surface area contributed by atoms with Crippen LogP contribution >= 0.6 is 0 Å². The first kappa shape index (κ1) is 60.7. The minimum absolute atomic E-state index is 0.00804. The maximum Gasteiger partial charge on any atom is 0.330 e. The second-order valence-electron chi connectivity index (χ2n) is 22.4. The number of esters is 2. The smallest absolute Gasteiger partial charge is 0.330 e. The number of methoxy groups -OCH3 is 1. The highest BCUT2D eigenvalue weighted by Crippen LogP contribution is 2.45. The minimum atomic E-state index is -2.01. The van der Waals surface area contributed by atoms with Gasteiger partial charge in [0, 0.05) is 31.6 Å². The number of carbonyl (C=O) groups is 2. The van der Waals surface area contributed by atoms with E-state index in [-0.39, 0.29) is 37.0 Å². The highest BCUT2D eigenvalue weighted by molar-refractivity contribution is 5.82. The third-order valence-corrected chi connectivity index (χ3v) is 17.1. The number of hydrogen-bond acceptors (Lipinski definition) is 25. The lowest BCUT2D eigenvalue weighted by molar-refractivity contribution is -0.380. The number of aliphatic hydroxyl groups is 13. The van der Waals surface area contributed by atoms with Gasteiger partial charge in [0.25, 0.3) is 0 Å². The van der Waals surface area contributed by atoms with Crippen molar-refractivity contribution in [2.75, 3.05) is 26.9 Å². The van der Waals surface area contributed by atoms with E-state index in [2.05, 4.69) is 0 Å². The molecular weight excluding hydrogens is 1020 g/mol. The van der Waals surface area contributed by atoms with Crippen molar-refractivity contribution < 1.29 is 123 Å². The lowest BCUT2D eigenvalue weighted by Gasteiger charge is -2.52. The van der Waals surface area contributed by atoms with E-state index in [0.717, 1.165) is 0 Å².